The summed E-state index contributed by atoms with van der Waals surface area (Å²) in [6.07, 6.45) is 2.63. The molecule has 2 aliphatic rings. The van der Waals surface area contributed by atoms with Crippen molar-refractivity contribution in [3.05, 3.63) is 58.5 Å². The molecular formula is C31H36ClFN4O7S. The summed E-state index contributed by atoms with van der Waals surface area (Å²) in [5, 5.41) is 5.09. The van der Waals surface area contributed by atoms with E-state index in [4.69, 9.17) is 21.1 Å². The molecular weight excluding hydrogens is 627 g/mol. The first-order valence-corrected chi connectivity index (χ1v) is 17.1. The molecule has 0 bridgehead atoms. The number of para-hydroxylation sites is 1. The molecule has 1 saturated heterocycles. The summed E-state index contributed by atoms with van der Waals surface area (Å²) in [6.45, 7) is 0.624. The fourth-order valence-corrected chi connectivity index (χ4v) is 8.01. The SMILES string of the molecule is COC(=O)C1CCC(OC(C(=O)Cc2cc(Cl)c(NC(=O)c3nn(C)c4ccccc34)cc2F)(N2CCCC2)S(C)(=O)=O)CC1. The van der Waals surface area contributed by atoms with Crippen molar-refractivity contribution in [2.75, 3.05) is 31.8 Å². The van der Waals surface area contributed by atoms with E-state index in [0.717, 1.165) is 17.8 Å². The molecule has 3 aromatic rings. The van der Waals surface area contributed by atoms with Crippen LogP contribution in [0.1, 0.15) is 54.6 Å². The van der Waals surface area contributed by atoms with Crippen LogP contribution in [0.4, 0.5) is 10.1 Å². The number of methoxy groups -OCH3 is 1. The zero-order chi connectivity index (χ0) is 32.5. The lowest BCUT2D eigenvalue weighted by molar-refractivity contribution is -0.168. The van der Waals surface area contributed by atoms with Crippen molar-refractivity contribution < 1.29 is 36.7 Å². The number of ketones is 1. The number of anilines is 1. The van der Waals surface area contributed by atoms with Gasteiger partial charge in [0.05, 0.1) is 35.4 Å². The molecule has 0 spiro atoms. The molecule has 1 unspecified atom stereocenters. The number of hydrogen-bond donors (Lipinski definition) is 1. The predicted molar refractivity (Wildman–Crippen MR) is 166 cm³/mol. The number of fused-ring (bicyclic) bond motifs is 1. The van der Waals surface area contributed by atoms with E-state index in [2.05, 4.69) is 10.4 Å². The zero-order valence-corrected chi connectivity index (χ0v) is 26.9. The number of nitrogens with zero attached hydrogens (tertiary/aromatic N) is 3. The maximum Gasteiger partial charge on any atom is 0.308 e. The molecule has 1 N–H and O–H groups in total. The number of likely N-dealkylation sites (tertiary alicyclic amines) is 1. The normalized spacial score (nSPS) is 20.6. The number of sulfone groups is 1. The number of halogens is 2. The molecule has 1 aromatic heterocycles. The van der Waals surface area contributed by atoms with Gasteiger partial charge in [0.1, 0.15) is 5.82 Å². The second kappa shape index (κ2) is 13.1. The zero-order valence-electron chi connectivity index (χ0n) is 25.3. The van der Waals surface area contributed by atoms with Gasteiger partial charge in [0, 0.05) is 38.2 Å². The van der Waals surface area contributed by atoms with E-state index in [9.17, 15) is 22.8 Å². The third-order valence-electron chi connectivity index (χ3n) is 8.62. The summed E-state index contributed by atoms with van der Waals surface area (Å²) in [5.74, 6) is -2.95. The summed E-state index contributed by atoms with van der Waals surface area (Å²) >= 11 is 6.46. The maximum absolute atomic E-state index is 15.5. The smallest absolute Gasteiger partial charge is 0.308 e. The third-order valence-corrected chi connectivity index (χ3v) is 10.5. The van der Waals surface area contributed by atoms with Crippen LogP contribution in [-0.2, 0) is 42.4 Å². The number of carbonyl (C=O) groups is 3. The molecule has 2 fully saturated rings. The van der Waals surface area contributed by atoms with Crippen LogP contribution in [0.25, 0.3) is 10.9 Å². The van der Waals surface area contributed by atoms with E-state index < -0.39 is 44.9 Å². The van der Waals surface area contributed by atoms with Gasteiger partial charge in [-0.1, -0.05) is 29.8 Å². The lowest BCUT2D eigenvalue weighted by Crippen LogP contribution is -2.62. The molecule has 242 valence electrons. The van der Waals surface area contributed by atoms with Gasteiger partial charge in [-0.05, 0) is 62.3 Å². The van der Waals surface area contributed by atoms with Gasteiger partial charge in [-0.15, -0.1) is 0 Å². The number of hydrogen-bond acceptors (Lipinski definition) is 9. The van der Waals surface area contributed by atoms with Crippen molar-refractivity contribution in [3.63, 3.8) is 0 Å². The van der Waals surface area contributed by atoms with Gasteiger partial charge in [0.25, 0.3) is 11.0 Å². The molecule has 0 radical (unpaired) electrons. The molecule has 1 atom stereocenters. The number of nitrogens with one attached hydrogen (secondary N) is 1. The maximum atomic E-state index is 15.5. The molecule has 2 heterocycles. The van der Waals surface area contributed by atoms with E-state index in [1.54, 1.807) is 23.9 Å². The van der Waals surface area contributed by atoms with Crippen LogP contribution in [0.2, 0.25) is 5.02 Å². The van der Waals surface area contributed by atoms with Gasteiger partial charge in [0.2, 0.25) is 0 Å². The topological polar surface area (TPSA) is 137 Å². The minimum atomic E-state index is -4.22. The lowest BCUT2D eigenvalue weighted by Gasteiger charge is -2.42. The summed E-state index contributed by atoms with van der Waals surface area (Å²) in [4.78, 5) is 40.7. The highest BCUT2D eigenvalue weighted by Crippen LogP contribution is 2.37. The molecule has 14 heteroatoms. The summed E-state index contributed by atoms with van der Waals surface area (Å²) < 4.78 is 55.2. The van der Waals surface area contributed by atoms with Gasteiger partial charge in [0.15, 0.2) is 21.3 Å². The molecule has 2 aromatic carbocycles. The highest BCUT2D eigenvalue weighted by atomic mass is 35.5. The standard InChI is InChI=1S/C31H36ClFN4O7S/c1-36-26-9-5-4-8-22(26)28(35-36)29(39)34-25-18-24(33)20(16-23(25)32)17-27(38)31(45(3,41)42,37-14-6-7-15-37)44-21-12-10-19(11-13-21)30(40)43-2/h4-5,8-9,16,18-19,21H,6-7,10-15,17H2,1-3H3,(H,34,39). The number of aromatic nitrogens is 2. The van der Waals surface area contributed by atoms with E-state index in [1.165, 1.54) is 18.1 Å². The molecule has 1 saturated carbocycles. The third kappa shape index (κ3) is 6.49. The molecule has 5 rings (SSSR count). The molecule has 1 aliphatic carbocycles. The van der Waals surface area contributed by atoms with E-state index in [-0.39, 0.29) is 33.9 Å². The first-order valence-electron chi connectivity index (χ1n) is 14.8. The lowest BCUT2D eigenvalue weighted by atomic mass is 9.87. The minimum absolute atomic E-state index is 0.0300. The second-order valence-electron chi connectivity index (χ2n) is 11.6. The van der Waals surface area contributed by atoms with Crippen LogP contribution >= 0.6 is 11.6 Å². The van der Waals surface area contributed by atoms with Crippen molar-refractivity contribution in [2.24, 2.45) is 13.0 Å². The fourth-order valence-electron chi connectivity index (χ4n) is 6.33. The average Bonchev–Trinajstić information content (AvgIpc) is 3.66. The highest BCUT2D eigenvalue weighted by molar-refractivity contribution is 7.92. The van der Waals surface area contributed by atoms with Crippen LogP contribution < -0.4 is 5.32 Å². The van der Waals surface area contributed by atoms with Crippen molar-refractivity contribution in [1.82, 2.24) is 14.7 Å². The van der Waals surface area contributed by atoms with Crippen LogP contribution in [0, 0.1) is 11.7 Å². The van der Waals surface area contributed by atoms with Crippen molar-refractivity contribution in [3.8, 4) is 0 Å². The first kappa shape index (κ1) is 33.0. The van der Waals surface area contributed by atoms with Gasteiger partial charge >= 0.3 is 5.97 Å². The molecule has 11 nitrogen and oxygen atoms in total. The molecule has 1 aliphatic heterocycles. The van der Waals surface area contributed by atoms with E-state index >= 15 is 4.39 Å². The van der Waals surface area contributed by atoms with Crippen LogP contribution in [-0.4, -0.2) is 78.4 Å². The Kier molecular flexibility index (Phi) is 9.64. The number of benzene rings is 2. The number of aryl methyl sites for hydroxylation is 1. The largest absolute Gasteiger partial charge is 0.469 e. The number of Topliss-reactive ketones (excluding diaryl/α,β-unsaturated/α-hetero) is 1. The Hall–Kier alpha value is -3.39. The Morgan fingerprint density at radius 1 is 1.11 bits per heavy atom. The summed E-state index contributed by atoms with van der Waals surface area (Å²) in [6, 6.07) is 9.36. The van der Waals surface area contributed by atoms with Crippen LogP contribution in [0.5, 0.6) is 0 Å². The molecule has 1 amide bonds. The van der Waals surface area contributed by atoms with Gasteiger partial charge in [-0.25, -0.2) is 12.8 Å². The van der Waals surface area contributed by atoms with Crippen molar-refractivity contribution in [1.29, 1.82) is 0 Å². The number of rotatable bonds is 10. The fraction of sp³-hybridized carbons (Fsp3) is 0.484. The van der Waals surface area contributed by atoms with Gasteiger partial charge < -0.3 is 14.8 Å². The van der Waals surface area contributed by atoms with Crippen molar-refractivity contribution >= 4 is 55.7 Å². The Morgan fingerprint density at radius 2 is 1.78 bits per heavy atom. The Labute approximate surface area is 265 Å². The monoisotopic (exact) mass is 662 g/mol. The summed E-state index contributed by atoms with van der Waals surface area (Å²) in [5.41, 5.74) is 0.694. The van der Waals surface area contributed by atoms with E-state index in [1.807, 2.05) is 12.1 Å². The minimum Gasteiger partial charge on any atom is -0.469 e. The predicted octanol–water partition coefficient (Wildman–Crippen LogP) is 4.27. The number of carbonyl (C=O) groups excluding carboxylic acids is 3. The Balaban J connectivity index is 1.40. The van der Waals surface area contributed by atoms with Gasteiger partial charge in [-0.2, -0.15) is 5.10 Å². The number of ether oxygens (including phenoxy) is 2. The van der Waals surface area contributed by atoms with Gasteiger partial charge in [-0.3, -0.25) is 24.0 Å². The molecule has 45 heavy (non-hydrogen) atoms. The number of amides is 1. The summed E-state index contributed by atoms with van der Waals surface area (Å²) in [7, 11) is -1.19. The van der Waals surface area contributed by atoms with Crippen LogP contribution in [0.15, 0.2) is 36.4 Å². The van der Waals surface area contributed by atoms with Crippen LogP contribution in [0.3, 0.4) is 0 Å². The first-order chi connectivity index (χ1) is 21.4. The average molecular weight is 663 g/mol. The Morgan fingerprint density at radius 3 is 2.42 bits per heavy atom. The Bertz CT molecular complexity index is 1730. The van der Waals surface area contributed by atoms with E-state index in [0.29, 0.717) is 57.0 Å². The number of esters is 1. The highest BCUT2D eigenvalue weighted by Gasteiger charge is 2.56. The second-order valence-corrected chi connectivity index (χ2v) is 14.1. The quantitative estimate of drug-likeness (QED) is 0.316. The van der Waals surface area contributed by atoms with Crippen molar-refractivity contribution in [2.45, 2.75) is 56.1 Å².